The molecule has 2 aromatic rings. The Morgan fingerprint density at radius 1 is 1.15 bits per heavy atom. The molecule has 0 aliphatic heterocycles. The molecule has 0 bridgehead atoms. The number of aryl methyl sites for hydroxylation is 1. The molecule has 0 fully saturated rings. The number of nitrogens with two attached hydrogens (primary N) is 1. The summed E-state index contributed by atoms with van der Waals surface area (Å²) in [4.78, 5) is 28.7. The minimum atomic E-state index is -1.38. The van der Waals surface area contributed by atoms with Crippen LogP contribution in [-0.2, 0) is 22.6 Å². The Hall–Kier alpha value is -3.30. The summed E-state index contributed by atoms with van der Waals surface area (Å²) in [6.45, 7) is 9.03. The molecule has 2 amide bonds. The molecule has 1 heterocycles. The number of nitrogens with zero attached hydrogens (tertiary/aromatic N) is 1. The van der Waals surface area contributed by atoms with E-state index in [1.807, 2.05) is 26.8 Å². The average molecular weight is 558 g/mol. The summed E-state index contributed by atoms with van der Waals surface area (Å²) in [5.41, 5.74) is 6.52. The summed E-state index contributed by atoms with van der Waals surface area (Å²) < 4.78 is 34.0. The number of halogens is 2. The van der Waals surface area contributed by atoms with Crippen LogP contribution < -0.4 is 11.1 Å². The molecule has 40 heavy (non-hydrogen) atoms. The number of amides is 2. The molecule has 3 rings (SSSR count). The number of aliphatic hydroxyl groups excluding tert-OH is 1. The van der Waals surface area contributed by atoms with E-state index in [2.05, 4.69) is 5.32 Å². The van der Waals surface area contributed by atoms with E-state index in [-0.39, 0.29) is 30.9 Å². The fourth-order valence-electron chi connectivity index (χ4n) is 5.69. The van der Waals surface area contributed by atoms with Gasteiger partial charge in [0.25, 0.3) is 0 Å². The number of allylic oxidation sites excluding steroid dienone is 2. The molecule has 218 valence electrons. The zero-order chi connectivity index (χ0) is 29.4. The van der Waals surface area contributed by atoms with E-state index in [0.29, 0.717) is 36.5 Å². The van der Waals surface area contributed by atoms with E-state index < -0.39 is 35.0 Å². The quantitative estimate of drug-likeness (QED) is 0.315. The van der Waals surface area contributed by atoms with Crippen LogP contribution in [-0.4, -0.2) is 47.6 Å². The first-order valence-electron chi connectivity index (χ1n) is 13.9. The van der Waals surface area contributed by atoms with Gasteiger partial charge in [-0.25, -0.2) is 8.78 Å². The molecule has 1 aliphatic rings. The van der Waals surface area contributed by atoms with Gasteiger partial charge >= 0.3 is 0 Å². The number of rotatable bonds is 14. The van der Waals surface area contributed by atoms with Gasteiger partial charge in [0.05, 0.1) is 24.3 Å². The Morgan fingerprint density at radius 2 is 1.80 bits per heavy atom. The molecule has 1 aromatic carbocycles. The van der Waals surface area contributed by atoms with E-state index in [9.17, 15) is 23.5 Å². The largest absolute Gasteiger partial charge is 0.468 e. The highest BCUT2D eigenvalue weighted by molar-refractivity contribution is 5.96. The first kappa shape index (κ1) is 31.2. The Morgan fingerprint density at radius 3 is 2.35 bits per heavy atom. The number of benzene rings is 1. The van der Waals surface area contributed by atoms with Crippen molar-refractivity contribution in [1.82, 2.24) is 10.2 Å². The molecule has 0 saturated heterocycles. The van der Waals surface area contributed by atoms with E-state index in [1.54, 1.807) is 30.2 Å². The van der Waals surface area contributed by atoms with Crippen molar-refractivity contribution >= 4 is 11.8 Å². The van der Waals surface area contributed by atoms with Crippen molar-refractivity contribution in [2.75, 3.05) is 19.6 Å². The number of hydrogen-bond acceptors (Lipinski definition) is 5. The van der Waals surface area contributed by atoms with Crippen LogP contribution in [0.1, 0.15) is 56.9 Å². The third-order valence-corrected chi connectivity index (χ3v) is 7.47. The smallest absolute Gasteiger partial charge is 0.244 e. The highest BCUT2D eigenvalue weighted by Crippen LogP contribution is 2.45. The molecule has 1 aliphatic carbocycles. The summed E-state index contributed by atoms with van der Waals surface area (Å²) in [6, 6.07) is 5.04. The Labute approximate surface area is 235 Å². The van der Waals surface area contributed by atoms with Crippen LogP contribution in [0.2, 0.25) is 0 Å². The predicted octanol–water partition coefficient (Wildman–Crippen LogP) is 4.57. The number of carbonyl (C=O) groups excluding carboxylic acids is 2. The zero-order valence-electron chi connectivity index (χ0n) is 23.8. The summed E-state index contributed by atoms with van der Waals surface area (Å²) >= 11 is 0. The number of nitrogens with one attached hydrogen (secondary N) is 1. The molecule has 0 saturated carbocycles. The second-order valence-corrected chi connectivity index (χ2v) is 10.7. The lowest BCUT2D eigenvalue weighted by atomic mass is 9.63. The third kappa shape index (κ3) is 7.46. The molecule has 9 heteroatoms. The van der Waals surface area contributed by atoms with Gasteiger partial charge in [-0.1, -0.05) is 31.6 Å². The minimum absolute atomic E-state index is 0.00897. The number of furan rings is 1. The maximum Gasteiger partial charge on any atom is 0.244 e. The molecular weight excluding hydrogens is 516 g/mol. The summed E-state index contributed by atoms with van der Waals surface area (Å²) in [5.74, 6) is -2.53. The minimum Gasteiger partial charge on any atom is -0.468 e. The van der Waals surface area contributed by atoms with Gasteiger partial charge in [-0.15, -0.1) is 0 Å². The van der Waals surface area contributed by atoms with E-state index in [1.165, 1.54) is 12.1 Å². The van der Waals surface area contributed by atoms with Crippen LogP contribution in [0.25, 0.3) is 0 Å². The van der Waals surface area contributed by atoms with Crippen molar-refractivity contribution in [3.8, 4) is 0 Å². The standard InChI is InChI=1S/C31H41F2N3O4/c1-5-8-36(9-6-2)30(39)31(16-20(3)11-23(17-31)29(34)38)26(14-22-12-24(32)15-25(33)13-22)27(37)18-35-19-28-21(4)7-10-40-28/h7,10-13,15-16,26-27,35,37H,5-6,8-9,14,17-19H2,1-4H3,(H2,34,38)/t26-,27+,31?/m1/s1. The van der Waals surface area contributed by atoms with E-state index >= 15 is 0 Å². The van der Waals surface area contributed by atoms with Crippen molar-refractivity contribution in [3.05, 3.63) is 82.3 Å². The number of carbonyl (C=O) groups is 2. The number of aliphatic hydroxyl groups is 1. The van der Waals surface area contributed by atoms with Gasteiger partial charge in [0.1, 0.15) is 17.4 Å². The molecule has 0 spiro atoms. The van der Waals surface area contributed by atoms with Crippen LogP contribution in [0.4, 0.5) is 8.78 Å². The lowest BCUT2D eigenvalue weighted by Gasteiger charge is -2.45. The monoisotopic (exact) mass is 557 g/mol. The lowest BCUT2D eigenvalue weighted by molar-refractivity contribution is -0.145. The van der Waals surface area contributed by atoms with Crippen molar-refractivity contribution in [2.24, 2.45) is 17.1 Å². The molecule has 0 radical (unpaired) electrons. The van der Waals surface area contributed by atoms with Crippen molar-refractivity contribution < 1.29 is 27.9 Å². The third-order valence-electron chi connectivity index (χ3n) is 7.47. The number of primary amides is 1. The zero-order valence-corrected chi connectivity index (χ0v) is 23.8. The summed E-state index contributed by atoms with van der Waals surface area (Å²) in [5, 5.41) is 14.9. The molecule has 7 nitrogen and oxygen atoms in total. The van der Waals surface area contributed by atoms with Gasteiger partial charge < -0.3 is 25.5 Å². The van der Waals surface area contributed by atoms with Crippen LogP contribution in [0.3, 0.4) is 0 Å². The molecule has 3 atom stereocenters. The molecular formula is C31H41F2N3O4. The fourth-order valence-corrected chi connectivity index (χ4v) is 5.69. The first-order valence-corrected chi connectivity index (χ1v) is 13.9. The van der Waals surface area contributed by atoms with Gasteiger partial charge in [-0.2, -0.15) is 0 Å². The average Bonchev–Trinajstić information content (AvgIpc) is 3.30. The van der Waals surface area contributed by atoms with Crippen LogP contribution >= 0.6 is 0 Å². The van der Waals surface area contributed by atoms with Crippen molar-refractivity contribution in [1.29, 1.82) is 0 Å². The number of hydrogen-bond donors (Lipinski definition) is 3. The lowest BCUT2D eigenvalue weighted by Crippen LogP contribution is -2.54. The summed E-state index contributed by atoms with van der Waals surface area (Å²) in [6.07, 6.45) is 5.30. The topological polar surface area (TPSA) is 109 Å². The van der Waals surface area contributed by atoms with Crippen molar-refractivity contribution in [2.45, 2.75) is 66.0 Å². The Balaban J connectivity index is 2.10. The maximum atomic E-state index is 14.5. The van der Waals surface area contributed by atoms with Crippen LogP contribution in [0, 0.1) is 29.9 Å². The van der Waals surface area contributed by atoms with Gasteiger partial charge in [0.2, 0.25) is 11.8 Å². The van der Waals surface area contributed by atoms with Gasteiger partial charge in [-0.3, -0.25) is 9.59 Å². The first-order chi connectivity index (χ1) is 19.0. The normalized spacial score (nSPS) is 18.6. The second-order valence-electron chi connectivity index (χ2n) is 10.7. The van der Waals surface area contributed by atoms with E-state index in [4.69, 9.17) is 10.2 Å². The fraction of sp³-hybridized carbons (Fsp3) is 0.484. The maximum absolute atomic E-state index is 14.5. The molecule has 1 aromatic heterocycles. The van der Waals surface area contributed by atoms with Crippen molar-refractivity contribution in [3.63, 3.8) is 0 Å². The Bertz CT molecular complexity index is 1230. The predicted molar refractivity (Wildman–Crippen MR) is 150 cm³/mol. The Kier molecular flexibility index (Phi) is 10.8. The van der Waals surface area contributed by atoms with Crippen LogP contribution in [0.15, 0.2) is 58.2 Å². The molecule has 1 unspecified atom stereocenters. The van der Waals surface area contributed by atoms with Gasteiger partial charge in [0.15, 0.2) is 0 Å². The highest BCUT2D eigenvalue weighted by Gasteiger charge is 2.50. The summed E-state index contributed by atoms with van der Waals surface area (Å²) in [7, 11) is 0. The van der Waals surface area contributed by atoms with Gasteiger partial charge in [0, 0.05) is 37.2 Å². The van der Waals surface area contributed by atoms with Crippen LogP contribution in [0.5, 0.6) is 0 Å². The van der Waals surface area contributed by atoms with E-state index in [0.717, 1.165) is 24.5 Å². The second kappa shape index (κ2) is 13.9. The molecule has 4 N–H and O–H groups in total. The highest BCUT2D eigenvalue weighted by atomic mass is 19.1. The SMILES string of the molecule is CCCN(CCC)C(=O)C1([C@H](Cc2cc(F)cc(F)c2)[C@@H](O)CNCc2occc2C)C=C(C)C=C(C(N)=O)C1. The van der Waals surface area contributed by atoms with Gasteiger partial charge in [-0.05, 0) is 68.9 Å².